The van der Waals surface area contributed by atoms with E-state index in [1.54, 1.807) is 32.4 Å². The summed E-state index contributed by atoms with van der Waals surface area (Å²) in [5.74, 6) is 1.00. The smallest absolute Gasteiger partial charge is 0.259 e. The molecule has 0 aliphatic carbocycles. The number of para-hydroxylation sites is 1. The van der Waals surface area contributed by atoms with Crippen LogP contribution in [0.5, 0.6) is 11.5 Å². The zero-order chi connectivity index (χ0) is 18.5. The van der Waals surface area contributed by atoms with Crippen molar-refractivity contribution in [1.82, 2.24) is 10.2 Å². The van der Waals surface area contributed by atoms with Gasteiger partial charge in [0.2, 0.25) is 0 Å². The number of rotatable bonds is 6. The molecule has 0 aliphatic rings. The summed E-state index contributed by atoms with van der Waals surface area (Å²) in [7, 11) is 3.16. The summed E-state index contributed by atoms with van der Waals surface area (Å²) in [4.78, 5) is 12.8. The van der Waals surface area contributed by atoms with Crippen LogP contribution in [-0.2, 0) is 6.42 Å². The highest BCUT2D eigenvalue weighted by Gasteiger charge is 2.19. The number of aromatic nitrogens is 2. The SMILES string of the molecule is CCc1[nH]nc(-c2cccc(OC)c2)c1NC(=O)c1ccccc1OC. The van der Waals surface area contributed by atoms with Crippen molar-refractivity contribution >= 4 is 11.6 Å². The van der Waals surface area contributed by atoms with Gasteiger partial charge < -0.3 is 14.8 Å². The van der Waals surface area contributed by atoms with Crippen LogP contribution in [0.25, 0.3) is 11.3 Å². The van der Waals surface area contributed by atoms with Crippen LogP contribution in [0.2, 0.25) is 0 Å². The summed E-state index contributed by atoms with van der Waals surface area (Å²) in [6, 6.07) is 14.7. The molecule has 3 aromatic rings. The maximum Gasteiger partial charge on any atom is 0.259 e. The van der Waals surface area contributed by atoms with Crippen molar-refractivity contribution in [2.75, 3.05) is 19.5 Å². The van der Waals surface area contributed by atoms with Crippen molar-refractivity contribution in [3.63, 3.8) is 0 Å². The minimum Gasteiger partial charge on any atom is -0.497 e. The maximum absolute atomic E-state index is 12.8. The molecule has 0 saturated carbocycles. The van der Waals surface area contributed by atoms with Gasteiger partial charge in [0.05, 0.1) is 31.2 Å². The number of nitrogens with one attached hydrogen (secondary N) is 2. The molecule has 6 heteroatoms. The van der Waals surface area contributed by atoms with Gasteiger partial charge in [-0.3, -0.25) is 9.89 Å². The van der Waals surface area contributed by atoms with Gasteiger partial charge in [0, 0.05) is 5.56 Å². The molecule has 0 aliphatic heterocycles. The molecule has 6 nitrogen and oxygen atoms in total. The van der Waals surface area contributed by atoms with Crippen LogP contribution < -0.4 is 14.8 Å². The number of amides is 1. The molecule has 2 N–H and O–H groups in total. The first-order chi connectivity index (χ1) is 12.7. The van der Waals surface area contributed by atoms with Crippen molar-refractivity contribution in [3.05, 3.63) is 59.8 Å². The lowest BCUT2D eigenvalue weighted by Gasteiger charge is -2.11. The van der Waals surface area contributed by atoms with E-state index in [0.717, 1.165) is 17.0 Å². The molecule has 2 aromatic carbocycles. The van der Waals surface area contributed by atoms with Crippen molar-refractivity contribution in [3.8, 4) is 22.8 Å². The van der Waals surface area contributed by atoms with Crippen molar-refractivity contribution in [2.45, 2.75) is 13.3 Å². The average Bonchev–Trinajstić information content (AvgIpc) is 3.10. The Balaban J connectivity index is 1.99. The van der Waals surface area contributed by atoms with Crippen LogP contribution in [0.1, 0.15) is 23.0 Å². The number of anilines is 1. The predicted octanol–water partition coefficient (Wildman–Crippen LogP) is 3.91. The number of carbonyl (C=O) groups is 1. The molecule has 1 amide bonds. The number of aromatic amines is 1. The maximum atomic E-state index is 12.8. The zero-order valence-corrected chi connectivity index (χ0v) is 15.0. The summed E-state index contributed by atoms with van der Waals surface area (Å²) in [5.41, 5.74) is 3.51. The van der Waals surface area contributed by atoms with Gasteiger partial charge in [-0.05, 0) is 30.7 Å². The van der Waals surface area contributed by atoms with Crippen LogP contribution in [0.4, 0.5) is 5.69 Å². The third kappa shape index (κ3) is 3.39. The van der Waals surface area contributed by atoms with E-state index in [-0.39, 0.29) is 5.91 Å². The molecule has 0 radical (unpaired) electrons. The number of H-pyrrole nitrogens is 1. The lowest BCUT2D eigenvalue weighted by molar-refractivity contribution is 0.102. The van der Waals surface area contributed by atoms with E-state index in [1.807, 2.05) is 37.3 Å². The second kappa shape index (κ2) is 7.74. The molecule has 0 spiro atoms. The molecule has 0 unspecified atom stereocenters. The average molecular weight is 351 g/mol. The highest BCUT2D eigenvalue weighted by Crippen LogP contribution is 2.32. The number of carbonyl (C=O) groups excluding carboxylic acids is 1. The van der Waals surface area contributed by atoms with E-state index in [9.17, 15) is 4.79 Å². The van der Waals surface area contributed by atoms with Gasteiger partial charge in [0.1, 0.15) is 17.2 Å². The highest BCUT2D eigenvalue weighted by molar-refractivity contribution is 6.08. The third-order valence-corrected chi connectivity index (χ3v) is 4.13. The van der Waals surface area contributed by atoms with Crippen LogP contribution in [0, 0.1) is 0 Å². The lowest BCUT2D eigenvalue weighted by Crippen LogP contribution is -2.14. The molecule has 0 bridgehead atoms. The summed E-state index contributed by atoms with van der Waals surface area (Å²) in [6.45, 7) is 2.00. The lowest BCUT2D eigenvalue weighted by atomic mass is 10.1. The molecule has 0 atom stereocenters. The fraction of sp³-hybridized carbons (Fsp3) is 0.200. The molecule has 134 valence electrons. The number of hydrogen-bond acceptors (Lipinski definition) is 4. The highest BCUT2D eigenvalue weighted by atomic mass is 16.5. The molecule has 0 saturated heterocycles. The van der Waals surface area contributed by atoms with E-state index in [0.29, 0.717) is 29.1 Å². The Morgan fingerprint density at radius 1 is 1.12 bits per heavy atom. The van der Waals surface area contributed by atoms with Crippen molar-refractivity contribution in [2.24, 2.45) is 0 Å². The molecule has 1 heterocycles. The normalized spacial score (nSPS) is 10.4. The van der Waals surface area contributed by atoms with E-state index >= 15 is 0 Å². The Morgan fingerprint density at radius 3 is 2.65 bits per heavy atom. The molecular formula is C20H21N3O3. The van der Waals surface area contributed by atoms with E-state index in [4.69, 9.17) is 9.47 Å². The minimum atomic E-state index is -0.248. The Morgan fingerprint density at radius 2 is 1.92 bits per heavy atom. The van der Waals surface area contributed by atoms with Gasteiger partial charge >= 0.3 is 0 Å². The fourth-order valence-electron chi connectivity index (χ4n) is 2.76. The zero-order valence-electron chi connectivity index (χ0n) is 15.0. The number of benzene rings is 2. The van der Waals surface area contributed by atoms with Crippen LogP contribution in [-0.4, -0.2) is 30.3 Å². The summed E-state index contributed by atoms with van der Waals surface area (Å²) < 4.78 is 10.6. The van der Waals surface area contributed by atoms with E-state index < -0.39 is 0 Å². The predicted molar refractivity (Wildman–Crippen MR) is 101 cm³/mol. The Bertz CT molecular complexity index is 918. The minimum absolute atomic E-state index is 0.248. The Hall–Kier alpha value is -3.28. The van der Waals surface area contributed by atoms with Gasteiger partial charge in [-0.25, -0.2) is 0 Å². The fourth-order valence-corrected chi connectivity index (χ4v) is 2.76. The number of nitrogens with zero attached hydrogens (tertiary/aromatic N) is 1. The van der Waals surface area contributed by atoms with Gasteiger partial charge in [0.25, 0.3) is 5.91 Å². The third-order valence-electron chi connectivity index (χ3n) is 4.13. The summed E-state index contributed by atoms with van der Waals surface area (Å²) >= 11 is 0. The van der Waals surface area contributed by atoms with E-state index in [2.05, 4.69) is 15.5 Å². The monoisotopic (exact) mass is 351 g/mol. The molecule has 26 heavy (non-hydrogen) atoms. The quantitative estimate of drug-likeness (QED) is 0.706. The number of methoxy groups -OCH3 is 2. The largest absolute Gasteiger partial charge is 0.497 e. The topological polar surface area (TPSA) is 76.2 Å². The standard InChI is InChI=1S/C20H21N3O3/c1-4-16-19(21-20(24)15-10-5-6-11-17(15)26-3)18(23-22-16)13-8-7-9-14(12-13)25-2/h5-12H,4H2,1-3H3,(H,21,24)(H,22,23). The van der Waals surface area contributed by atoms with Crippen molar-refractivity contribution in [1.29, 1.82) is 0 Å². The van der Waals surface area contributed by atoms with Crippen molar-refractivity contribution < 1.29 is 14.3 Å². The number of ether oxygens (including phenoxy) is 2. The summed E-state index contributed by atoms with van der Waals surface area (Å²) in [6.07, 6.45) is 0.707. The molecule has 0 fully saturated rings. The van der Waals surface area contributed by atoms with Gasteiger partial charge in [-0.1, -0.05) is 31.2 Å². The second-order valence-electron chi connectivity index (χ2n) is 5.67. The van der Waals surface area contributed by atoms with Gasteiger partial charge in [-0.15, -0.1) is 0 Å². The Labute approximate surface area is 152 Å². The van der Waals surface area contributed by atoms with Gasteiger partial charge in [0.15, 0.2) is 0 Å². The number of aryl methyl sites for hydroxylation is 1. The summed E-state index contributed by atoms with van der Waals surface area (Å²) in [5, 5.41) is 10.4. The van der Waals surface area contributed by atoms with Crippen LogP contribution in [0.3, 0.4) is 0 Å². The second-order valence-corrected chi connectivity index (χ2v) is 5.67. The first kappa shape index (κ1) is 17.5. The van der Waals surface area contributed by atoms with E-state index in [1.165, 1.54) is 0 Å². The molecule has 3 rings (SSSR count). The first-order valence-electron chi connectivity index (χ1n) is 8.34. The Kier molecular flexibility index (Phi) is 5.22. The molecule has 1 aromatic heterocycles. The molecular weight excluding hydrogens is 330 g/mol. The van der Waals surface area contributed by atoms with Crippen LogP contribution in [0.15, 0.2) is 48.5 Å². The first-order valence-corrected chi connectivity index (χ1v) is 8.34. The van der Waals surface area contributed by atoms with Crippen LogP contribution >= 0.6 is 0 Å². The number of hydrogen-bond donors (Lipinski definition) is 2. The van der Waals surface area contributed by atoms with Gasteiger partial charge in [-0.2, -0.15) is 5.10 Å².